The maximum Gasteiger partial charge on any atom is 0.188 e. The lowest BCUT2D eigenvalue weighted by Gasteiger charge is -2.52. The standard InChI is InChI=1S/C19H19ClN2OS/c1-3-12-6-4-5-7-16(12)22-18(24)21-15-11-19(22,2)23-17-9-8-13(20)10-14(15)17/h4-10,15H,3,11H2,1-2H3,(H,21,24). The molecule has 5 heteroatoms. The number of halogens is 1. The third-order valence-corrected chi connectivity index (χ3v) is 5.38. The smallest absolute Gasteiger partial charge is 0.188 e. The summed E-state index contributed by atoms with van der Waals surface area (Å²) in [6.07, 6.45) is 1.75. The van der Waals surface area contributed by atoms with Crippen molar-refractivity contribution < 1.29 is 4.74 Å². The van der Waals surface area contributed by atoms with Crippen LogP contribution >= 0.6 is 23.8 Å². The Bertz CT molecular complexity index is 825. The highest BCUT2D eigenvalue weighted by atomic mass is 35.5. The van der Waals surface area contributed by atoms with E-state index in [-0.39, 0.29) is 6.04 Å². The molecule has 0 radical (unpaired) electrons. The zero-order chi connectivity index (χ0) is 16.9. The number of thiocarbonyl (C=S) groups is 1. The lowest BCUT2D eigenvalue weighted by atomic mass is 9.90. The summed E-state index contributed by atoms with van der Waals surface area (Å²) >= 11 is 11.9. The van der Waals surface area contributed by atoms with Crippen LogP contribution in [0.5, 0.6) is 5.75 Å². The van der Waals surface area contributed by atoms with E-state index < -0.39 is 5.72 Å². The maximum absolute atomic E-state index is 6.42. The van der Waals surface area contributed by atoms with E-state index in [1.807, 2.05) is 24.3 Å². The van der Waals surface area contributed by atoms with Crippen molar-refractivity contribution in [1.29, 1.82) is 0 Å². The number of nitrogens with zero attached hydrogens (tertiary/aromatic N) is 1. The first-order valence-electron chi connectivity index (χ1n) is 8.19. The van der Waals surface area contributed by atoms with E-state index in [0.717, 1.165) is 29.8 Å². The van der Waals surface area contributed by atoms with Crippen LogP contribution in [0.2, 0.25) is 5.02 Å². The van der Waals surface area contributed by atoms with Crippen LogP contribution in [0.4, 0.5) is 5.69 Å². The first-order valence-corrected chi connectivity index (χ1v) is 8.97. The van der Waals surface area contributed by atoms with Crippen LogP contribution in [-0.2, 0) is 6.42 Å². The maximum atomic E-state index is 6.42. The number of ether oxygens (including phenoxy) is 1. The van der Waals surface area contributed by atoms with Crippen molar-refractivity contribution in [3.05, 3.63) is 58.6 Å². The number of rotatable bonds is 2. The van der Waals surface area contributed by atoms with Gasteiger partial charge < -0.3 is 10.1 Å². The van der Waals surface area contributed by atoms with Gasteiger partial charge in [0.15, 0.2) is 10.8 Å². The Kier molecular flexibility index (Phi) is 3.70. The van der Waals surface area contributed by atoms with Gasteiger partial charge in [0.2, 0.25) is 0 Å². The van der Waals surface area contributed by atoms with Crippen LogP contribution in [0.25, 0.3) is 0 Å². The topological polar surface area (TPSA) is 24.5 Å². The van der Waals surface area contributed by atoms with Crippen molar-refractivity contribution in [2.24, 2.45) is 0 Å². The van der Waals surface area contributed by atoms with E-state index in [0.29, 0.717) is 10.1 Å². The molecule has 2 heterocycles. The van der Waals surface area contributed by atoms with Crippen LogP contribution < -0.4 is 15.0 Å². The predicted molar refractivity (Wildman–Crippen MR) is 102 cm³/mol. The quantitative estimate of drug-likeness (QED) is 0.776. The van der Waals surface area contributed by atoms with Gasteiger partial charge in [-0.05, 0) is 55.4 Å². The molecule has 2 aliphatic rings. The minimum atomic E-state index is -0.515. The zero-order valence-electron chi connectivity index (χ0n) is 13.7. The monoisotopic (exact) mass is 358 g/mol. The lowest BCUT2D eigenvalue weighted by Crippen LogP contribution is -2.65. The van der Waals surface area contributed by atoms with E-state index in [1.165, 1.54) is 5.56 Å². The average molecular weight is 359 g/mol. The van der Waals surface area contributed by atoms with Crippen LogP contribution in [-0.4, -0.2) is 10.8 Å². The summed E-state index contributed by atoms with van der Waals surface area (Å²) in [6, 6.07) is 14.3. The number of hydrogen-bond acceptors (Lipinski definition) is 2. The Labute approximate surface area is 152 Å². The third-order valence-electron chi connectivity index (χ3n) is 4.85. The minimum absolute atomic E-state index is 0.120. The van der Waals surface area contributed by atoms with E-state index in [9.17, 15) is 0 Å². The van der Waals surface area contributed by atoms with Crippen molar-refractivity contribution in [3.63, 3.8) is 0 Å². The molecule has 0 spiro atoms. The predicted octanol–water partition coefficient (Wildman–Crippen LogP) is 4.84. The second-order valence-electron chi connectivity index (χ2n) is 6.48. The second kappa shape index (κ2) is 5.64. The number of anilines is 1. The van der Waals surface area contributed by atoms with Gasteiger partial charge in [0.05, 0.1) is 11.7 Å². The fraction of sp³-hybridized carbons (Fsp3) is 0.316. The number of aryl methyl sites for hydroxylation is 1. The first kappa shape index (κ1) is 15.7. The number of benzene rings is 2. The molecule has 1 N–H and O–H groups in total. The highest BCUT2D eigenvalue weighted by Crippen LogP contribution is 2.46. The number of para-hydroxylation sites is 1. The molecule has 2 aliphatic heterocycles. The van der Waals surface area contributed by atoms with Gasteiger partial charge in [0.1, 0.15) is 5.75 Å². The molecule has 124 valence electrons. The molecule has 2 aromatic carbocycles. The summed E-state index contributed by atoms with van der Waals surface area (Å²) in [5, 5.41) is 4.88. The van der Waals surface area contributed by atoms with Gasteiger partial charge in [-0.2, -0.15) is 0 Å². The molecule has 2 aromatic rings. The van der Waals surface area contributed by atoms with Gasteiger partial charge in [-0.3, -0.25) is 4.90 Å². The second-order valence-corrected chi connectivity index (χ2v) is 7.31. The van der Waals surface area contributed by atoms with Crippen LogP contribution in [0.15, 0.2) is 42.5 Å². The Hall–Kier alpha value is -1.78. The molecule has 24 heavy (non-hydrogen) atoms. The average Bonchev–Trinajstić information content (AvgIpc) is 2.55. The molecule has 0 aromatic heterocycles. The van der Waals surface area contributed by atoms with Crippen molar-refractivity contribution >= 4 is 34.6 Å². The third kappa shape index (κ3) is 2.36. The lowest BCUT2D eigenvalue weighted by molar-refractivity contribution is 0.0496. The molecule has 2 atom stereocenters. The first-order chi connectivity index (χ1) is 11.5. The van der Waals surface area contributed by atoms with Crippen molar-refractivity contribution in [2.75, 3.05) is 4.90 Å². The van der Waals surface area contributed by atoms with E-state index in [4.69, 9.17) is 28.6 Å². The Balaban J connectivity index is 1.82. The Morgan fingerprint density at radius 1 is 1.33 bits per heavy atom. The molecule has 1 saturated heterocycles. The number of fused-ring (bicyclic) bond motifs is 4. The molecule has 0 aliphatic carbocycles. The van der Waals surface area contributed by atoms with Gasteiger partial charge in [-0.15, -0.1) is 0 Å². The van der Waals surface area contributed by atoms with Crippen molar-refractivity contribution in [2.45, 2.75) is 38.5 Å². The molecular formula is C19H19ClN2OS. The van der Waals surface area contributed by atoms with Gasteiger partial charge in [0.25, 0.3) is 0 Å². The molecule has 0 saturated carbocycles. The largest absolute Gasteiger partial charge is 0.467 e. The number of nitrogens with one attached hydrogen (secondary N) is 1. The van der Waals surface area contributed by atoms with E-state index in [2.05, 4.69) is 42.3 Å². The fourth-order valence-electron chi connectivity index (χ4n) is 3.74. The highest BCUT2D eigenvalue weighted by molar-refractivity contribution is 7.80. The molecule has 4 rings (SSSR count). The minimum Gasteiger partial charge on any atom is -0.467 e. The summed E-state index contributed by atoms with van der Waals surface area (Å²) in [5.41, 5.74) is 2.92. The molecule has 1 fully saturated rings. The van der Waals surface area contributed by atoms with Crippen LogP contribution in [0, 0.1) is 0 Å². The van der Waals surface area contributed by atoms with E-state index >= 15 is 0 Å². The van der Waals surface area contributed by atoms with Gasteiger partial charge in [0, 0.05) is 17.0 Å². The summed E-state index contributed by atoms with van der Waals surface area (Å²) < 4.78 is 6.42. The van der Waals surface area contributed by atoms with Crippen LogP contribution in [0.1, 0.15) is 37.4 Å². The van der Waals surface area contributed by atoms with Gasteiger partial charge >= 0.3 is 0 Å². The highest BCUT2D eigenvalue weighted by Gasteiger charge is 2.48. The Morgan fingerprint density at radius 2 is 2.12 bits per heavy atom. The van der Waals surface area contributed by atoms with E-state index in [1.54, 1.807) is 0 Å². The number of hydrogen-bond donors (Lipinski definition) is 1. The summed E-state index contributed by atoms with van der Waals surface area (Å²) in [5.74, 6) is 0.868. The summed E-state index contributed by atoms with van der Waals surface area (Å²) in [7, 11) is 0. The molecule has 0 amide bonds. The zero-order valence-corrected chi connectivity index (χ0v) is 15.2. The normalized spacial score (nSPS) is 24.9. The fourth-order valence-corrected chi connectivity index (χ4v) is 4.35. The SMILES string of the molecule is CCc1ccccc1N1C(=S)NC2CC1(C)Oc1ccc(Cl)cc12. The van der Waals surface area contributed by atoms with Gasteiger partial charge in [-0.25, -0.2) is 0 Å². The summed E-state index contributed by atoms with van der Waals surface area (Å²) in [6.45, 7) is 4.26. The van der Waals surface area contributed by atoms with Gasteiger partial charge in [-0.1, -0.05) is 36.7 Å². The molecule has 3 nitrogen and oxygen atoms in total. The molecule has 2 unspecified atom stereocenters. The summed E-state index contributed by atoms with van der Waals surface area (Å²) in [4.78, 5) is 2.12. The van der Waals surface area contributed by atoms with Crippen molar-refractivity contribution in [3.8, 4) is 5.75 Å². The molecular weight excluding hydrogens is 340 g/mol. The Morgan fingerprint density at radius 3 is 2.92 bits per heavy atom. The molecule has 2 bridgehead atoms. The van der Waals surface area contributed by atoms with Crippen molar-refractivity contribution in [1.82, 2.24) is 5.32 Å². The van der Waals surface area contributed by atoms with Crippen LogP contribution in [0.3, 0.4) is 0 Å².